The van der Waals surface area contributed by atoms with E-state index in [1.807, 2.05) is 25.1 Å². The van der Waals surface area contributed by atoms with Gasteiger partial charge in [0, 0.05) is 4.47 Å². The summed E-state index contributed by atoms with van der Waals surface area (Å²) in [6.45, 7) is 3.75. The lowest BCUT2D eigenvalue weighted by Crippen LogP contribution is -2.39. The largest absolute Gasteiger partial charge is 0.461 e. The third kappa shape index (κ3) is 3.23. The number of halogens is 1. The number of rotatable bonds is 4. The van der Waals surface area contributed by atoms with Gasteiger partial charge in [-0.05, 0) is 55.8 Å². The first kappa shape index (κ1) is 19.3. The molecular weight excluding hydrogens is 438 g/mol. The smallest absolute Gasteiger partial charge is 0.355 e. The van der Waals surface area contributed by atoms with Gasteiger partial charge in [-0.15, -0.1) is 0 Å². The molecule has 2 aliphatic rings. The number of hydrogen-bond acceptors (Lipinski definition) is 6. The molecule has 2 atom stereocenters. The Morgan fingerprint density at radius 2 is 1.83 bits per heavy atom. The molecular formula is C21H18BrN3O4. The van der Waals surface area contributed by atoms with Gasteiger partial charge in [-0.2, -0.15) is 5.10 Å². The summed E-state index contributed by atoms with van der Waals surface area (Å²) < 4.78 is 5.93. The van der Waals surface area contributed by atoms with Gasteiger partial charge in [0.25, 0.3) is 5.91 Å². The topological polar surface area (TPSA) is 79.3 Å². The minimum absolute atomic E-state index is 0.0451. The van der Waals surface area contributed by atoms with Crippen LogP contribution in [0.25, 0.3) is 0 Å². The van der Waals surface area contributed by atoms with Gasteiger partial charge < -0.3 is 4.74 Å². The van der Waals surface area contributed by atoms with E-state index in [1.165, 1.54) is 5.01 Å². The number of anilines is 2. The summed E-state index contributed by atoms with van der Waals surface area (Å²) in [4.78, 5) is 40.2. The molecule has 0 bridgehead atoms. The van der Waals surface area contributed by atoms with E-state index < -0.39 is 29.7 Å². The number of benzene rings is 2. The summed E-state index contributed by atoms with van der Waals surface area (Å²) in [7, 11) is 0. The van der Waals surface area contributed by atoms with Crippen molar-refractivity contribution in [2.45, 2.75) is 19.9 Å². The molecule has 29 heavy (non-hydrogen) atoms. The molecule has 0 aliphatic carbocycles. The van der Waals surface area contributed by atoms with Gasteiger partial charge in [-0.3, -0.25) is 14.6 Å². The van der Waals surface area contributed by atoms with E-state index in [1.54, 1.807) is 37.3 Å². The van der Waals surface area contributed by atoms with Crippen molar-refractivity contribution < 1.29 is 19.1 Å². The second-order valence-electron chi connectivity index (χ2n) is 6.80. The maximum absolute atomic E-state index is 13.3. The van der Waals surface area contributed by atoms with E-state index in [2.05, 4.69) is 21.0 Å². The molecule has 7 nitrogen and oxygen atoms in total. The molecule has 8 heteroatoms. The molecule has 2 aromatic carbocycles. The molecule has 0 N–H and O–H groups in total. The van der Waals surface area contributed by atoms with E-state index in [9.17, 15) is 14.4 Å². The van der Waals surface area contributed by atoms with Crippen molar-refractivity contribution in [2.24, 2.45) is 11.0 Å². The highest BCUT2D eigenvalue weighted by Gasteiger charge is 2.59. The minimum Gasteiger partial charge on any atom is -0.461 e. The number of ether oxygens (including phenoxy) is 1. The quantitative estimate of drug-likeness (QED) is 0.522. The van der Waals surface area contributed by atoms with Gasteiger partial charge in [-0.25, -0.2) is 9.69 Å². The number of esters is 1. The zero-order valence-corrected chi connectivity index (χ0v) is 17.4. The van der Waals surface area contributed by atoms with Crippen LogP contribution in [0.3, 0.4) is 0 Å². The molecule has 0 aromatic heterocycles. The second-order valence-corrected chi connectivity index (χ2v) is 7.72. The normalized spacial score (nSPS) is 20.7. The molecule has 2 aromatic rings. The van der Waals surface area contributed by atoms with Gasteiger partial charge in [0.1, 0.15) is 12.0 Å². The molecule has 148 valence electrons. The first-order valence-corrected chi connectivity index (χ1v) is 9.96. The van der Waals surface area contributed by atoms with Crippen molar-refractivity contribution in [3.63, 3.8) is 0 Å². The Kier molecular flexibility index (Phi) is 4.96. The Bertz CT molecular complexity index is 1030. The molecule has 2 aliphatic heterocycles. The minimum atomic E-state index is -1.01. The third-order valence-corrected chi connectivity index (χ3v) is 5.41. The summed E-state index contributed by atoms with van der Waals surface area (Å²) in [5, 5.41) is 5.81. The van der Waals surface area contributed by atoms with Crippen LogP contribution in [0.15, 0.2) is 58.1 Å². The van der Waals surface area contributed by atoms with Crippen LogP contribution < -0.4 is 9.91 Å². The third-order valence-electron chi connectivity index (χ3n) is 4.88. The first-order chi connectivity index (χ1) is 13.9. The van der Waals surface area contributed by atoms with Crippen LogP contribution in [0.4, 0.5) is 11.4 Å². The summed E-state index contributed by atoms with van der Waals surface area (Å²) >= 11 is 3.35. The number of fused-ring (bicyclic) bond motifs is 1. The number of carbonyl (C=O) groups is 3. The first-order valence-electron chi connectivity index (χ1n) is 9.17. The lowest BCUT2D eigenvalue weighted by molar-refractivity contribution is -0.136. The Hall–Kier alpha value is -3.00. The molecule has 4 rings (SSSR count). The number of hydrogen-bond donors (Lipinski definition) is 0. The summed E-state index contributed by atoms with van der Waals surface area (Å²) in [6.07, 6.45) is 0. The van der Waals surface area contributed by atoms with Crippen LogP contribution in [0.5, 0.6) is 0 Å². The van der Waals surface area contributed by atoms with Crippen molar-refractivity contribution >= 4 is 50.8 Å². The van der Waals surface area contributed by atoms with Crippen LogP contribution in [0.2, 0.25) is 0 Å². The predicted octanol–water partition coefficient (Wildman–Crippen LogP) is 3.05. The molecule has 0 radical (unpaired) electrons. The van der Waals surface area contributed by atoms with E-state index >= 15 is 0 Å². The van der Waals surface area contributed by atoms with Crippen molar-refractivity contribution in [3.05, 3.63) is 58.6 Å². The average molecular weight is 456 g/mol. The molecule has 0 spiro atoms. The molecule has 0 unspecified atom stereocenters. The lowest BCUT2D eigenvalue weighted by atomic mass is 9.97. The highest BCUT2D eigenvalue weighted by Crippen LogP contribution is 2.38. The molecule has 1 fully saturated rings. The Morgan fingerprint density at radius 3 is 2.48 bits per heavy atom. The van der Waals surface area contributed by atoms with Gasteiger partial charge in [-0.1, -0.05) is 28.1 Å². The Labute approximate surface area is 176 Å². The van der Waals surface area contributed by atoms with Gasteiger partial charge in [0.15, 0.2) is 5.71 Å². The Balaban J connectivity index is 1.79. The fourth-order valence-electron chi connectivity index (χ4n) is 3.62. The number of hydrazone groups is 1. The molecule has 2 amide bonds. The summed E-state index contributed by atoms with van der Waals surface area (Å²) in [5.41, 5.74) is 2.01. The standard InChI is InChI=1S/C21H18BrN3O4/c1-3-29-21(28)17-16-18(25(23-17)15-6-4-5-12(2)11-15)20(27)24(19(16)26)14-9-7-13(22)8-10-14/h4-11,16,18H,3H2,1-2H3/t16-,18+/m0/s1. The zero-order chi connectivity index (χ0) is 20.7. The maximum atomic E-state index is 13.3. The van der Waals surface area contributed by atoms with Crippen molar-refractivity contribution in [3.8, 4) is 0 Å². The average Bonchev–Trinajstić information content (AvgIpc) is 3.21. The van der Waals surface area contributed by atoms with Crippen molar-refractivity contribution in [2.75, 3.05) is 16.5 Å². The lowest BCUT2D eigenvalue weighted by Gasteiger charge is -2.22. The van der Waals surface area contributed by atoms with Crippen LogP contribution in [0.1, 0.15) is 12.5 Å². The monoisotopic (exact) mass is 455 g/mol. The van der Waals surface area contributed by atoms with E-state index in [0.29, 0.717) is 11.4 Å². The number of carbonyl (C=O) groups excluding carboxylic acids is 3. The van der Waals surface area contributed by atoms with Gasteiger partial charge in [0.2, 0.25) is 5.91 Å². The maximum Gasteiger partial charge on any atom is 0.355 e. The SMILES string of the molecule is CCOC(=O)C1=NN(c2cccc(C)c2)[C@H]2C(=O)N(c3ccc(Br)cc3)C(=O)[C@@H]12. The van der Waals surface area contributed by atoms with Crippen LogP contribution in [0, 0.1) is 12.8 Å². The van der Waals surface area contributed by atoms with E-state index in [-0.39, 0.29) is 12.3 Å². The van der Waals surface area contributed by atoms with Crippen LogP contribution in [-0.2, 0) is 19.1 Å². The fraction of sp³-hybridized carbons (Fsp3) is 0.238. The number of amides is 2. The highest BCUT2D eigenvalue weighted by atomic mass is 79.9. The van der Waals surface area contributed by atoms with E-state index in [4.69, 9.17) is 4.74 Å². The van der Waals surface area contributed by atoms with Gasteiger partial charge in [0.05, 0.1) is 18.0 Å². The summed E-state index contributed by atoms with van der Waals surface area (Å²) in [6, 6.07) is 13.3. The molecule has 1 saturated heterocycles. The predicted molar refractivity (Wildman–Crippen MR) is 112 cm³/mol. The summed E-state index contributed by atoms with van der Waals surface area (Å²) in [5.74, 6) is -2.60. The van der Waals surface area contributed by atoms with Gasteiger partial charge >= 0.3 is 5.97 Å². The van der Waals surface area contributed by atoms with Crippen LogP contribution in [-0.4, -0.2) is 36.1 Å². The van der Waals surface area contributed by atoms with Crippen molar-refractivity contribution in [1.82, 2.24) is 0 Å². The zero-order valence-electron chi connectivity index (χ0n) is 15.8. The fourth-order valence-corrected chi connectivity index (χ4v) is 3.88. The molecule has 2 heterocycles. The number of nitrogens with zero attached hydrogens (tertiary/aromatic N) is 3. The number of aryl methyl sites for hydroxylation is 1. The Morgan fingerprint density at radius 1 is 1.10 bits per heavy atom. The van der Waals surface area contributed by atoms with Crippen LogP contribution >= 0.6 is 15.9 Å². The molecule has 0 saturated carbocycles. The second kappa shape index (κ2) is 7.44. The highest BCUT2D eigenvalue weighted by molar-refractivity contribution is 9.10. The van der Waals surface area contributed by atoms with Crippen molar-refractivity contribution in [1.29, 1.82) is 0 Å². The van der Waals surface area contributed by atoms with E-state index in [0.717, 1.165) is 14.9 Å². The number of imide groups is 1.